The first-order chi connectivity index (χ1) is 13.2. The van der Waals surface area contributed by atoms with Gasteiger partial charge in [0.15, 0.2) is 5.69 Å². The number of nitrogens with zero attached hydrogens (tertiary/aromatic N) is 4. The third kappa shape index (κ3) is 3.59. The van der Waals surface area contributed by atoms with Gasteiger partial charge >= 0.3 is 0 Å². The molecule has 1 fully saturated rings. The summed E-state index contributed by atoms with van der Waals surface area (Å²) in [5, 5.41) is 10.3. The highest BCUT2D eigenvalue weighted by Crippen LogP contribution is 2.15. The molecule has 2 N–H and O–H groups in total. The molecule has 0 unspecified atom stereocenters. The Hall–Kier alpha value is -3.42. The van der Waals surface area contributed by atoms with Crippen molar-refractivity contribution in [1.82, 2.24) is 25.4 Å². The number of hydrogen-bond donors (Lipinski definition) is 2. The second kappa shape index (κ2) is 7.45. The number of hydrogen-bond acceptors (Lipinski definition) is 5. The molecular weight excluding hydrogens is 344 g/mol. The minimum Gasteiger partial charge on any atom is -0.353 e. The fourth-order valence-corrected chi connectivity index (χ4v) is 3.21. The van der Waals surface area contributed by atoms with Crippen LogP contribution >= 0.6 is 0 Å². The van der Waals surface area contributed by atoms with E-state index in [1.165, 1.54) is 0 Å². The standard InChI is InChI=1S/C19H20N6O2/c26-17(25-11-9-24(10-12-25)16-7-3-4-8-20-16)13-21-19(27)18-14-5-1-2-6-15(14)22-23-18/h1-8H,9-13H2,(H,21,27)(H,22,23). The molecule has 0 bridgehead atoms. The van der Waals surface area contributed by atoms with Crippen LogP contribution in [0, 0.1) is 0 Å². The number of rotatable bonds is 4. The van der Waals surface area contributed by atoms with Crippen LogP contribution in [-0.2, 0) is 4.79 Å². The van der Waals surface area contributed by atoms with E-state index in [0.29, 0.717) is 18.8 Å². The highest BCUT2D eigenvalue weighted by atomic mass is 16.2. The molecule has 27 heavy (non-hydrogen) atoms. The maximum Gasteiger partial charge on any atom is 0.272 e. The third-order valence-electron chi connectivity index (χ3n) is 4.69. The second-order valence-corrected chi connectivity index (χ2v) is 6.36. The van der Waals surface area contributed by atoms with Gasteiger partial charge in [-0.25, -0.2) is 4.98 Å². The average molecular weight is 364 g/mol. The monoisotopic (exact) mass is 364 g/mol. The SMILES string of the molecule is O=C(NCC(=O)N1CCN(c2ccccn2)CC1)c1n[nH]c2ccccc12. The van der Waals surface area contributed by atoms with E-state index in [1.807, 2.05) is 42.5 Å². The summed E-state index contributed by atoms with van der Waals surface area (Å²) < 4.78 is 0. The van der Waals surface area contributed by atoms with E-state index >= 15 is 0 Å². The van der Waals surface area contributed by atoms with Gasteiger partial charge in [0.05, 0.1) is 12.1 Å². The zero-order valence-corrected chi connectivity index (χ0v) is 14.8. The maximum atomic E-state index is 12.4. The van der Waals surface area contributed by atoms with Crippen LogP contribution in [0.25, 0.3) is 10.9 Å². The van der Waals surface area contributed by atoms with Crippen molar-refractivity contribution in [3.05, 3.63) is 54.4 Å². The van der Waals surface area contributed by atoms with Gasteiger partial charge in [0, 0.05) is 37.8 Å². The summed E-state index contributed by atoms with van der Waals surface area (Å²) in [6.07, 6.45) is 1.77. The van der Waals surface area contributed by atoms with Crippen LogP contribution < -0.4 is 10.2 Å². The van der Waals surface area contributed by atoms with Crippen molar-refractivity contribution in [3.63, 3.8) is 0 Å². The Bertz CT molecular complexity index is 947. The Labute approximate surface area is 156 Å². The summed E-state index contributed by atoms with van der Waals surface area (Å²) >= 11 is 0. The largest absolute Gasteiger partial charge is 0.353 e. The van der Waals surface area contributed by atoms with Crippen LogP contribution in [-0.4, -0.2) is 64.6 Å². The zero-order chi connectivity index (χ0) is 18.6. The predicted octanol–water partition coefficient (Wildman–Crippen LogP) is 1.04. The lowest BCUT2D eigenvalue weighted by Gasteiger charge is -2.35. The van der Waals surface area contributed by atoms with Crippen molar-refractivity contribution in [2.45, 2.75) is 0 Å². The molecule has 1 aliphatic heterocycles. The molecule has 3 heterocycles. The van der Waals surface area contributed by atoms with Gasteiger partial charge in [0.2, 0.25) is 5.91 Å². The van der Waals surface area contributed by atoms with E-state index in [9.17, 15) is 9.59 Å². The first-order valence-electron chi connectivity index (χ1n) is 8.87. The quantitative estimate of drug-likeness (QED) is 0.721. The number of para-hydroxylation sites is 1. The van der Waals surface area contributed by atoms with Crippen LogP contribution in [0.3, 0.4) is 0 Å². The molecule has 2 amide bonds. The number of aromatic nitrogens is 3. The number of carbonyl (C=O) groups is 2. The van der Waals surface area contributed by atoms with Crippen LogP contribution in [0.1, 0.15) is 10.5 Å². The molecule has 0 saturated carbocycles. The molecule has 0 spiro atoms. The normalized spacial score (nSPS) is 14.4. The average Bonchev–Trinajstić information content (AvgIpc) is 3.17. The van der Waals surface area contributed by atoms with Crippen molar-refractivity contribution in [3.8, 4) is 0 Å². The fraction of sp³-hybridized carbons (Fsp3) is 0.263. The zero-order valence-electron chi connectivity index (χ0n) is 14.8. The van der Waals surface area contributed by atoms with Gasteiger partial charge in [-0.1, -0.05) is 24.3 Å². The van der Waals surface area contributed by atoms with Gasteiger partial charge in [-0.2, -0.15) is 5.10 Å². The molecule has 1 aliphatic rings. The number of H-pyrrole nitrogens is 1. The number of nitrogens with one attached hydrogen (secondary N) is 2. The van der Waals surface area contributed by atoms with E-state index in [0.717, 1.165) is 29.8 Å². The number of pyridine rings is 1. The van der Waals surface area contributed by atoms with E-state index in [4.69, 9.17) is 0 Å². The first kappa shape index (κ1) is 17.0. The predicted molar refractivity (Wildman–Crippen MR) is 101 cm³/mol. The molecular formula is C19H20N6O2. The van der Waals surface area contributed by atoms with E-state index in [-0.39, 0.29) is 18.4 Å². The minimum atomic E-state index is -0.354. The lowest BCUT2D eigenvalue weighted by Crippen LogP contribution is -2.51. The molecule has 8 heteroatoms. The number of anilines is 1. The van der Waals surface area contributed by atoms with Gasteiger partial charge in [-0.05, 0) is 18.2 Å². The summed E-state index contributed by atoms with van der Waals surface area (Å²) in [7, 11) is 0. The summed E-state index contributed by atoms with van der Waals surface area (Å²) in [6, 6.07) is 13.2. The lowest BCUT2D eigenvalue weighted by atomic mass is 10.2. The summed E-state index contributed by atoms with van der Waals surface area (Å²) in [5.41, 5.74) is 1.10. The van der Waals surface area contributed by atoms with E-state index in [2.05, 4.69) is 25.4 Å². The van der Waals surface area contributed by atoms with Crippen molar-refractivity contribution in [1.29, 1.82) is 0 Å². The Morgan fingerprint density at radius 1 is 1.04 bits per heavy atom. The van der Waals surface area contributed by atoms with Gasteiger partial charge in [0.25, 0.3) is 5.91 Å². The van der Waals surface area contributed by atoms with Crippen molar-refractivity contribution in [2.24, 2.45) is 0 Å². The molecule has 1 aromatic carbocycles. The van der Waals surface area contributed by atoms with Crippen LogP contribution in [0.2, 0.25) is 0 Å². The molecule has 1 saturated heterocycles. The lowest BCUT2D eigenvalue weighted by molar-refractivity contribution is -0.130. The van der Waals surface area contributed by atoms with Gasteiger partial charge < -0.3 is 15.1 Å². The van der Waals surface area contributed by atoms with Crippen LogP contribution in [0.4, 0.5) is 5.82 Å². The van der Waals surface area contributed by atoms with Crippen molar-refractivity contribution in [2.75, 3.05) is 37.6 Å². The number of carbonyl (C=O) groups excluding carboxylic acids is 2. The van der Waals surface area contributed by atoms with Crippen molar-refractivity contribution >= 4 is 28.5 Å². The topological polar surface area (TPSA) is 94.2 Å². The summed E-state index contributed by atoms with van der Waals surface area (Å²) in [4.78, 5) is 33.0. The fourth-order valence-electron chi connectivity index (χ4n) is 3.21. The third-order valence-corrected chi connectivity index (χ3v) is 4.69. The molecule has 0 radical (unpaired) electrons. The molecule has 2 aromatic heterocycles. The van der Waals surface area contributed by atoms with Gasteiger partial charge in [0.1, 0.15) is 5.82 Å². The Morgan fingerprint density at radius 3 is 2.59 bits per heavy atom. The molecule has 8 nitrogen and oxygen atoms in total. The van der Waals surface area contributed by atoms with Crippen molar-refractivity contribution < 1.29 is 9.59 Å². The molecule has 4 rings (SSSR count). The second-order valence-electron chi connectivity index (χ2n) is 6.36. The molecule has 138 valence electrons. The van der Waals surface area contributed by atoms with Crippen LogP contribution in [0.15, 0.2) is 48.7 Å². The number of benzene rings is 1. The number of piperazine rings is 1. The smallest absolute Gasteiger partial charge is 0.272 e. The Balaban J connectivity index is 1.30. The van der Waals surface area contributed by atoms with E-state index in [1.54, 1.807) is 11.1 Å². The maximum absolute atomic E-state index is 12.4. The summed E-state index contributed by atoms with van der Waals surface area (Å²) in [5.74, 6) is 0.472. The number of amides is 2. The first-order valence-corrected chi connectivity index (χ1v) is 8.87. The Morgan fingerprint density at radius 2 is 1.81 bits per heavy atom. The van der Waals surface area contributed by atoms with Gasteiger partial charge in [-0.15, -0.1) is 0 Å². The number of aromatic amines is 1. The molecule has 0 atom stereocenters. The number of fused-ring (bicyclic) bond motifs is 1. The Kier molecular flexibility index (Phi) is 4.69. The highest BCUT2D eigenvalue weighted by Gasteiger charge is 2.22. The minimum absolute atomic E-state index is 0.0381. The van der Waals surface area contributed by atoms with Gasteiger partial charge in [-0.3, -0.25) is 14.7 Å². The molecule has 0 aliphatic carbocycles. The highest BCUT2D eigenvalue weighted by molar-refractivity contribution is 6.05. The van der Waals surface area contributed by atoms with Crippen LogP contribution in [0.5, 0.6) is 0 Å². The molecule has 3 aromatic rings. The van der Waals surface area contributed by atoms with E-state index < -0.39 is 0 Å². The summed E-state index contributed by atoms with van der Waals surface area (Å²) in [6.45, 7) is 2.62.